The maximum atomic E-state index is 12.6. The normalized spacial score (nSPS) is 12.2. The number of ether oxygens (including phenoxy) is 3. The second kappa shape index (κ2) is 33.9. The highest BCUT2D eigenvalue weighted by Crippen LogP contribution is 2.16. The van der Waals surface area contributed by atoms with E-state index in [0.29, 0.717) is 19.3 Å². The third kappa shape index (κ3) is 35.7. The summed E-state index contributed by atoms with van der Waals surface area (Å²) in [7, 11) is 0. The topological polar surface area (TPSA) is 78.9 Å². The van der Waals surface area contributed by atoms with E-state index in [9.17, 15) is 14.4 Å². The van der Waals surface area contributed by atoms with Crippen LogP contribution in [0.3, 0.4) is 0 Å². The zero-order valence-electron chi connectivity index (χ0n) is 32.8. The molecule has 0 unspecified atom stereocenters. The Morgan fingerprint density at radius 1 is 0.354 bits per heavy atom. The molecule has 0 saturated heterocycles. The minimum absolute atomic E-state index is 0.0685. The molecule has 284 valence electrons. The molecule has 0 aliphatic heterocycles. The molecule has 6 nitrogen and oxygen atoms in total. The first kappa shape index (κ1) is 46.4. The first-order chi connectivity index (χ1) is 23.1. The maximum absolute atomic E-state index is 12.6. The molecule has 0 fully saturated rings. The first-order valence-electron chi connectivity index (χ1n) is 20.6. The lowest BCUT2D eigenvalue weighted by atomic mass is 10.0. The van der Waals surface area contributed by atoms with E-state index in [4.69, 9.17) is 14.2 Å². The van der Waals surface area contributed by atoms with Crippen LogP contribution in [0.4, 0.5) is 0 Å². The number of hydrogen-bond acceptors (Lipinski definition) is 6. The predicted molar refractivity (Wildman–Crippen MR) is 201 cm³/mol. The Balaban J connectivity index is 4.36. The van der Waals surface area contributed by atoms with Gasteiger partial charge < -0.3 is 14.2 Å². The van der Waals surface area contributed by atoms with E-state index in [1.807, 2.05) is 0 Å². The highest BCUT2D eigenvalue weighted by molar-refractivity contribution is 5.71. The molecule has 0 saturated carbocycles. The molecule has 0 aromatic heterocycles. The molecule has 0 radical (unpaired) electrons. The molecule has 6 heteroatoms. The van der Waals surface area contributed by atoms with Crippen LogP contribution < -0.4 is 0 Å². The van der Waals surface area contributed by atoms with E-state index in [1.165, 1.54) is 96.3 Å². The Hall–Kier alpha value is -1.59. The van der Waals surface area contributed by atoms with Crippen molar-refractivity contribution in [2.75, 3.05) is 13.2 Å². The highest BCUT2D eigenvalue weighted by atomic mass is 16.6. The van der Waals surface area contributed by atoms with Crippen LogP contribution in [0.2, 0.25) is 0 Å². The molecule has 0 spiro atoms. The van der Waals surface area contributed by atoms with E-state index >= 15 is 0 Å². The van der Waals surface area contributed by atoms with Gasteiger partial charge in [-0.15, -0.1) is 0 Å². The molecule has 0 rings (SSSR count). The molecule has 0 amide bonds. The fraction of sp³-hybridized carbons (Fsp3) is 0.929. The Labute approximate surface area is 298 Å². The van der Waals surface area contributed by atoms with Gasteiger partial charge in [-0.2, -0.15) is 0 Å². The minimum atomic E-state index is -0.761. The maximum Gasteiger partial charge on any atom is 0.306 e. The molecule has 0 aliphatic carbocycles. The van der Waals surface area contributed by atoms with Crippen LogP contribution in [0.1, 0.15) is 215 Å². The van der Waals surface area contributed by atoms with Crippen molar-refractivity contribution in [3.63, 3.8) is 0 Å². The molecule has 1 atom stereocenters. The molecule has 0 bridgehead atoms. The summed E-state index contributed by atoms with van der Waals surface area (Å²) in [6, 6.07) is 0. The van der Waals surface area contributed by atoms with Crippen molar-refractivity contribution in [2.45, 2.75) is 221 Å². The van der Waals surface area contributed by atoms with E-state index in [-0.39, 0.29) is 31.1 Å². The summed E-state index contributed by atoms with van der Waals surface area (Å²) in [4.78, 5) is 37.5. The molecular formula is C42H80O6. The summed E-state index contributed by atoms with van der Waals surface area (Å²) >= 11 is 0. The van der Waals surface area contributed by atoms with E-state index in [0.717, 1.165) is 75.5 Å². The summed E-state index contributed by atoms with van der Waals surface area (Å²) in [5.74, 6) is 1.46. The van der Waals surface area contributed by atoms with Gasteiger partial charge in [0, 0.05) is 19.3 Å². The summed E-state index contributed by atoms with van der Waals surface area (Å²) < 4.78 is 16.6. The SMILES string of the molecule is CC(C)CCCCCCCCCCC(=O)OC[C@H](COC(=O)CCCCCCCCC(C)C)OC(=O)CCCCCCCCCC(C)C. The fourth-order valence-corrected chi connectivity index (χ4v) is 5.99. The molecular weight excluding hydrogens is 600 g/mol. The van der Waals surface area contributed by atoms with Gasteiger partial charge in [-0.1, -0.05) is 176 Å². The van der Waals surface area contributed by atoms with Crippen molar-refractivity contribution in [1.29, 1.82) is 0 Å². The third-order valence-corrected chi connectivity index (χ3v) is 9.15. The van der Waals surface area contributed by atoms with Gasteiger partial charge in [-0.3, -0.25) is 14.4 Å². The summed E-state index contributed by atoms with van der Waals surface area (Å²) in [5, 5.41) is 0. The molecule has 0 aromatic carbocycles. The van der Waals surface area contributed by atoms with Crippen molar-refractivity contribution in [3.05, 3.63) is 0 Å². The number of rotatable bonds is 35. The van der Waals surface area contributed by atoms with Gasteiger partial charge in [-0.25, -0.2) is 0 Å². The Bertz CT molecular complexity index is 746. The fourth-order valence-electron chi connectivity index (χ4n) is 5.99. The largest absolute Gasteiger partial charge is 0.462 e. The quantitative estimate of drug-likeness (QED) is 0.0376. The van der Waals surface area contributed by atoms with E-state index < -0.39 is 6.10 Å². The average molecular weight is 681 g/mol. The predicted octanol–water partition coefficient (Wildman–Crippen LogP) is 12.5. The van der Waals surface area contributed by atoms with Gasteiger partial charge in [0.05, 0.1) is 0 Å². The van der Waals surface area contributed by atoms with Gasteiger partial charge in [-0.05, 0) is 37.0 Å². The van der Waals surface area contributed by atoms with Gasteiger partial charge in [0.25, 0.3) is 0 Å². The van der Waals surface area contributed by atoms with Gasteiger partial charge >= 0.3 is 17.9 Å². The number of carbonyl (C=O) groups excluding carboxylic acids is 3. The standard InChI is InChI=1S/C42H80O6/c1-36(2)28-22-16-10-7-8-12-19-25-31-40(43)46-34-39(35-47-41(44)32-26-20-15-14-18-24-30-38(5)6)48-42(45)33-27-21-13-9-11-17-23-29-37(3)4/h36-39H,7-35H2,1-6H3/t39-/m1/s1. The molecule has 0 aliphatic rings. The lowest BCUT2D eigenvalue weighted by molar-refractivity contribution is -0.167. The van der Waals surface area contributed by atoms with Crippen molar-refractivity contribution < 1.29 is 28.6 Å². The highest BCUT2D eigenvalue weighted by Gasteiger charge is 2.19. The Morgan fingerprint density at radius 2 is 0.604 bits per heavy atom. The second-order valence-electron chi connectivity index (χ2n) is 15.7. The van der Waals surface area contributed by atoms with Crippen LogP contribution in [0, 0.1) is 17.8 Å². The summed E-state index contributed by atoms with van der Waals surface area (Å²) in [6.07, 6.45) is 28.3. The third-order valence-electron chi connectivity index (χ3n) is 9.15. The van der Waals surface area contributed by atoms with Crippen LogP contribution in [-0.4, -0.2) is 37.2 Å². The van der Waals surface area contributed by atoms with Crippen molar-refractivity contribution in [3.8, 4) is 0 Å². The summed E-state index contributed by atoms with van der Waals surface area (Å²) in [6.45, 7) is 13.5. The lowest BCUT2D eigenvalue weighted by Crippen LogP contribution is -2.30. The van der Waals surface area contributed by atoms with Crippen LogP contribution >= 0.6 is 0 Å². The monoisotopic (exact) mass is 681 g/mol. The van der Waals surface area contributed by atoms with E-state index in [1.54, 1.807) is 0 Å². The molecule has 0 N–H and O–H groups in total. The van der Waals surface area contributed by atoms with Crippen LogP contribution in [-0.2, 0) is 28.6 Å². The van der Waals surface area contributed by atoms with Gasteiger partial charge in [0.1, 0.15) is 13.2 Å². The number of carbonyl (C=O) groups is 3. The first-order valence-corrected chi connectivity index (χ1v) is 20.6. The van der Waals surface area contributed by atoms with Crippen molar-refractivity contribution in [2.24, 2.45) is 17.8 Å². The van der Waals surface area contributed by atoms with Crippen molar-refractivity contribution in [1.82, 2.24) is 0 Å². The molecule has 48 heavy (non-hydrogen) atoms. The molecule has 0 heterocycles. The van der Waals surface area contributed by atoms with Crippen molar-refractivity contribution >= 4 is 17.9 Å². The minimum Gasteiger partial charge on any atom is -0.462 e. The molecule has 0 aromatic rings. The van der Waals surface area contributed by atoms with Gasteiger partial charge in [0.2, 0.25) is 0 Å². The Kier molecular flexibility index (Phi) is 32.8. The van der Waals surface area contributed by atoms with Gasteiger partial charge in [0.15, 0.2) is 6.10 Å². The lowest BCUT2D eigenvalue weighted by Gasteiger charge is -2.18. The second-order valence-corrected chi connectivity index (χ2v) is 15.7. The zero-order valence-corrected chi connectivity index (χ0v) is 32.8. The smallest absolute Gasteiger partial charge is 0.306 e. The van der Waals surface area contributed by atoms with Crippen LogP contribution in [0.15, 0.2) is 0 Å². The average Bonchev–Trinajstić information content (AvgIpc) is 3.03. The summed E-state index contributed by atoms with van der Waals surface area (Å²) in [5.41, 5.74) is 0. The number of unbranched alkanes of at least 4 members (excludes halogenated alkanes) is 18. The van der Waals surface area contributed by atoms with E-state index in [2.05, 4.69) is 41.5 Å². The number of esters is 3. The Morgan fingerprint density at radius 3 is 0.896 bits per heavy atom. The number of hydrogen-bond donors (Lipinski definition) is 0. The zero-order chi connectivity index (χ0) is 35.7. The van der Waals surface area contributed by atoms with Crippen LogP contribution in [0.25, 0.3) is 0 Å². The van der Waals surface area contributed by atoms with Crippen LogP contribution in [0.5, 0.6) is 0 Å².